The smallest absolute Gasteiger partial charge is 0.193 e. The van der Waals surface area contributed by atoms with Crippen molar-refractivity contribution in [3.63, 3.8) is 0 Å². The Balaban J connectivity index is 1.70. The number of rotatable bonds is 8. The van der Waals surface area contributed by atoms with Crippen molar-refractivity contribution < 1.29 is 4.74 Å². The first-order valence-electron chi connectivity index (χ1n) is 8.45. The van der Waals surface area contributed by atoms with Crippen LogP contribution in [-0.4, -0.2) is 19.1 Å². The Morgan fingerprint density at radius 3 is 2.46 bits per heavy atom. The molecule has 0 saturated heterocycles. The average molecular weight is 325 g/mol. The topological polar surface area (TPSA) is 59.6 Å². The first kappa shape index (κ1) is 18.0. The molecule has 0 aliphatic carbocycles. The quantitative estimate of drug-likeness (QED) is 0.573. The summed E-state index contributed by atoms with van der Waals surface area (Å²) in [6.07, 6.45) is 1.03. The molecule has 4 nitrogen and oxygen atoms in total. The molecule has 0 saturated carbocycles. The van der Waals surface area contributed by atoms with Crippen LogP contribution < -0.4 is 11.1 Å². The number of hydrogen-bond acceptors (Lipinski definition) is 2. The van der Waals surface area contributed by atoms with E-state index in [0.717, 1.165) is 12.1 Å². The van der Waals surface area contributed by atoms with Crippen molar-refractivity contribution in [2.75, 3.05) is 18.5 Å². The second kappa shape index (κ2) is 9.73. The molecule has 0 fully saturated rings. The molecule has 2 aromatic carbocycles. The van der Waals surface area contributed by atoms with Crippen molar-refractivity contribution in [1.29, 1.82) is 0 Å². The molecule has 0 heterocycles. The second-order valence-corrected chi connectivity index (χ2v) is 6.01. The summed E-state index contributed by atoms with van der Waals surface area (Å²) in [6, 6.07) is 18.4. The van der Waals surface area contributed by atoms with Crippen LogP contribution >= 0.6 is 0 Å². The molecule has 1 atom stereocenters. The fourth-order valence-corrected chi connectivity index (χ4v) is 2.27. The van der Waals surface area contributed by atoms with Crippen LogP contribution in [-0.2, 0) is 17.8 Å². The molecule has 0 aliphatic rings. The van der Waals surface area contributed by atoms with Crippen LogP contribution in [0, 0.1) is 5.92 Å². The van der Waals surface area contributed by atoms with Gasteiger partial charge in [-0.2, -0.15) is 0 Å². The minimum Gasteiger partial charge on any atom is -0.376 e. The molecule has 0 radical (unpaired) electrons. The largest absolute Gasteiger partial charge is 0.376 e. The predicted molar refractivity (Wildman–Crippen MR) is 101 cm³/mol. The van der Waals surface area contributed by atoms with Crippen LogP contribution in [0.15, 0.2) is 59.6 Å². The molecule has 4 heteroatoms. The van der Waals surface area contributed by atoms with E-state index in [1.54, 1.807) is 0 Å². The molecule has 0 spiro atoms. The molecular formula is C20H27N3O. The third-order valence-electron chi connectivity index (χ3n) is 3.72. The highest BCUT2D eigenvalue weighted by Crippen LogP contribution is 2.09. The molecule has 1 unspecified atom stereocenters. The van der Waals surface area contributed by atoms with Crippen molar-refractivity contribution in [2.24, 2.45) is 16.6 Å². The van der Waals surface area contributed by atoms with E-state index in [-0.39, 0.29) is 0 Å². The Bertz CT molecular complexity index is 623. The standard InChI is InChI=1S/C20H27N3O/c1-3-17-9-11-19(12-10-17)23-20(21)22-13-16(2)14-24-15-18-7-5-4-6-8-18/h4-12,16H,3,13-15H2,1-2H3,(H3,21,22,23). The number of aryl methyl sites for hydroxylation is 1. The fraction of sp³-hybridized carbons (Fsp3) is 0.350. The van der Waals surface area contributed by atoms with Crippen molar-refractivity contribution in [2.45, 2.75) is 26.9 Å². The normalized spacial score (nSPS) is 12.8. The lowest BCUT2D eigenvalue weighted by Gasteiger charge is -2.11. The molecule has 0 aromatic heterocycles. The van der Waals surface area contributed by atoms with Gasteiger partial charge in [-0.3, -0.25) is 4.99 Å². The van der Waals surface area contributed by atoms with Gasteiger partial charge in [-0.15, -0.1) is 0 Å². The molecule has 0 aliphatic heterocycles. The Hall–Kier alpha value is -2.33. The number of guanidine groups is 1. The highest BCUT2D eigenvalue weighted by atomic mass is 16.5. The first-order valence-corrected chi connectivity index (χ1v) is 8.45. The lowest BCUT2D eigenvalue weighted by Crippen LogP contribution is -2.24. The SMILES string of the molecule is CCc1ccc(NC(N)=NCC(C)COCc2ccccc2)cc1. The maximum absolute atomic E-state index is 5.94. The van der Waals surface area contributed by atoms with Gasteiger partial charge in [0.2, 0.25) is 0 Å². The fourth-order valence-electron chi connectivity index (χ4n) is 2.27. The monoisotopic (exact) mass is 325 g/mol. The average Bonchev–Trinajstić information content (AvgIpc) is 2.61. The number of aliphatic imine (C=N–C) groups is 1. The summed E-state index contributed by atoms with van der Waals surface area (Å²) < 4.78 is 5.73. The van der Waals surface area contributed by atoms with E-state index in [1.165, 1.54) is 11.1 Å². The van der Waals surface area contributed by atoms with Gasteiger partial charge < -0.3 is 15.8 Å². The van der Waals surface area contributed by atoms with Crippen LogP contribution in [0.4, 0.5) is 5.69 Å². The van der Waals surface area contributed by atoms with E-state index in [4.69, 9.17) is 10.5 Å². The van der Waals surface area contributed by atoms with E-state index < -0.39 is 0 Å². The molecule has 2 rings (SSSR count). The molecule has 3 N–H and O–H groups in total. The maximum Gasteiger partial charge on any atom is 0.193 e. The highest BCUT2D eigenvalue weighted by molar-refractivity contribution is 5.92. The number of anilines is 1. The van der Waals surface area contributed by atoms with Crippen molar-refractivity contribution in [3.05, 3.63) is 65.7 Å². The van der Waals surface area contributed by atoms with Gasteiger partial charge in [0.25, 0.3) is 0 Å². The lowest BCUT2D eigenvalue weighted by atomic mass is 10.1. The third kappa shape index (κ3) is 6.42. The van der Waals surface area contributed by atoms with Gasteiger partial charge in [0.1, 0.15) is 0 Å². The number of hydrogen-bond donors (Lipinski definition) is 2. The minimum absolute atomic E-state index is 0.316. The summed E-state index contributed by atoms with van der Waals surface area (Å²) in [7, 11) is 0. The zero-order chi connectivity index (χ0) is 17.2. The molecule has 128 valence electrons. The summed E-state index contributed by atoms with van der Waals surface area (Å²) >= 11 is 0. The van der Waals surface area contributed by atoms with E-state index in [1.807, 2.05) is 30.3 Å². The first-order chi connectivity index (χ1) is 11.7. The minimum atomic E-state index is 0.316. The summed E-state index contributed by atoms with van der Waals surface area (Å²) in [4.78, 5) is 4.39. The summed E-state index contributed by atoms with van der Waals surface area (Å²) in [5.74, 6) is 0.755. The summed E-state index contributed by atoms with van der Waals surface area (Å²) in [5.41, 5.74) is 9.39. The number of nitrogens with one attached hydrogen (secondary N) is 1. The molecule has 0 bridgehead atoms. The Morgan fingerprint density at radius 1 is 1.08 bits per heavy atom. The Kier molecular flexibility index (Phi) is 7.30. The zero-order valence-electron chi connectivity index (χ0n) is 14.5. The molecule has 0 amide bonds. The van der Waals surface area contributed by atoms with E-state index in [9.17, 15) is 0 Å². The number of nitrogens with two attached hydrogens (primary N) is 1. The van der Waals surface area contributed by atoms with Crippen molar-refractivity contribution in [1.82, 2.24) is 0 Å². The Labute approximate surface area is 144 Å². The van der Waals surface area contributed by atoms with Crippen LogP contribution in [0.3, 0.4) is 0 Å². The van der Waals surface area contributed by atoms with E-state index in [0.29, 0.717) is 31.6 Å². The van der Waals surface area contributed by atoms with Crippen molar-refractivity contribution in [3.8, 4) is 0 Å². The van der Waals surface area contributed by atoms with E-state index >= 15 is 0 Å². The van der Waals surface area contributed by atoms with Gasteiger partial charge in [-0.05, 0) is 35.6 Å². The van der Waals surface area contributed by atoms with Crippen LogP contribution in [0.5, 0.6) is 0 Å². The van der Waals surface area contributed by atoms with Crippen LogP contribution in [0.25, 0.3) is 0 Å². The van der Waals surface area contributed by atoms with Crippen molar-refractivity contribution >= 4 is 11.6 Å². The molecular weight excluding hydrogens is 298 g/mol. The van der Waals surface area contributed by atoms with Gasteiger partial charge in [0.05, 0.1) is 13.2 Å². The number of ether oxygens (including phenoxy) is 1. The van der Waals surface area contributed by atoms with Gasteiger partial charge in [0.15, 0.2) is 5.96 Å². The summed E-state index contributed by atoms with van der Waals surface area (Å²) in [5, 5.41) is 3.12. The van der Waals surface area contributed by atoms with Crippen LogP contribution in [0.1, 0.15) is 25.0 Å². The second-order valence-electron chi connectivity index (χ2n) is 6.01. The van der Waals surface area contributed by atoms with E-state index in [2.05, 4.69) is 48.4 Å². The van der Waals surface area contributed by atoms with Gasteiger partial charge >= 0.3 is 0 Å². The predicted octanol–water partition coefficient (Wildman–Crippen LogP) is 3.83. The Morgan fingerprint density at radius 2 is 1.79 bits per heavy atom. The van der Waals surface area contributed by atoms with Gasteiger partial charge in [-0.1, -0.05) is 56.3 Å². The molecule has 24 heavy (non-hydrogen) atoms. The summed E-state index contributed by atoms with van der Waals surface area (Å²) in [6.45, 7) is 6.18. The number of benzene rings is 2. The van der Waals surface area contributed by atoms with Gasteiger partial charge in [-0.25, -0.2) is 0 Å². The zero-order valence-corrected chi connectivity index (χ0v) is 14.5. The highest BCUT2D eigenvalue weighted by Gasteiger charge is 2.03. The number of nitrogens with zero attached hydrogens (tertiary/aromatic N) is 1. The maximum atomic E-state index is 5.94. The molecule has 2 aromatic rings. The van der Waals surface area contributed by atoms with Gasteiger partial charge in [0, 0.05) is 12.2 Å². The lowest BCUT2D eigenvalue weighted by molar-refractivity contribution is 0.0945. The third-order valence-corrected chi connectivity index (χ3v) is 3.72. The van der Waals surface area contributed by atoms with Crippen LogP contribution in [0.2, 0.25) is 0 Å².